The van der Waals surface area contributed by atoms with Gasteiger partial charge in [0.05, 0.1) is 16.6 Å². The molecule has 19 heavy (non-hydrogen) atoms. The number of aryl methyl sites for hydroxylation is 2. The van der Waals surface area contributed by atoms with Crippen molar-refractivity contribution in [2.24, 2.45) is 0 Å². The van der Waals surface area contributed by atoms with Crippen LogP contribution in [-0.4, -0.2) is 14.5 Å². The van der Waals surface area contributed by atoms with E-state index in [0.29, 0.717) is 5.56 Å². The van der Waals surface area contributed by atoms with Crippen molar-refractivity contribution in [3.8, 4) is 11.9 Å². The predicted molar refractivity (Wildman–Crippen MR) is 73.1 cm³/mol. The standard InChI is InChI=1S/C15H12N4/c1-10-5-13-14(6-11(10)2)19(9-18-13)15-4-3-12(7-16)8-17-15/h3-6,8-9H,1-2H3. The van der Waals surface area contributed by atoms with Crippen molar-refractivity contribution < 1.29 is 0 Å². The van der Waals surface area contributed by atoms with Crippen molar-refractivity contribution in [1.82, 2.24) is 14.5 Å². The second-order valence-corrected chi connectivity index (χ2v) is 4.56. The third kappa shape index (κ3) is 1.85. The first kappa shape index (κ1) is 11.4. The van der Waals surface area contributed by atoms with Crippen LogP contribution in [0.1, 0.15) is 16.7 Å². The molecule has 0 aliphatic heterocycles. The van der Waals surface area contributed by atoms with Crippen LogP contribution < -0.4 is 0 Å². The molecule has 0 saturated heterocycles. The number of pyridine rings is 1. The molecule has 0 spiro atoms. The number of rotatable bonds is 1. The highest BCUT2D eigenvalue weighted by molar-refractivity contribution is 5.78. The molecule has 0 aliphatic carbocycles. The third-order valence-corrected chi connectivity index (χ3v) is 3.29. The van der Waals surface area contributed by atoms with Gasteiger partial charge in [-0.15, -0.1) is 0 Å². The van der Waals surface area contributed by atoms with Crippen LogP contribution in [-0.2, 0) is 0 Å². The van der Waals surface area contributed by atoms with Crippen LogP contribution >= 0.6 is 0 Å². The van der Waals surface area contributed by atoms with E-state index in [1.807, 2.05) is 10.6 Å². The first-order valence-electron chi connectivity index (χ1n) is 6.00. The Bertz CT molecular complexity index is 791. The maximum absolute atomic E-state index is 8.79. The number of hydrogen-bond donors (Lipinski definition) is 0. The Kier molecular flexibility index (Phi) is 2.53. The minimum absolute atomic E-state index is 0.556. The molecule has 0 fully saturated rings. The summed E-state index contributed by atoms with van der Waals surface area (Å²) < 4.78 is 1.93. The van der Waals surface area contributed by atoms with Crippen molar-refractivity contribution in [1.29, 1.82) is 5.26 Å². The van der Waals surface area contributed by atoms with Crippen LogP contribution in [0.15, 0.2) is 36.8 Å². The van der Waals surface area contributed by atoms with Gasteiger partial charge in [0, 0.05) is 6.20 Å². The summed E-state index contributed by atoms with van der Waals surface area (Å²) in [6.07, 6.45) is 3.33. The molecule has 0 unspecified atom stereocenters. The lowest BCUT2D eigenvalue weighted by Crippen LogP contribution is -1.96. The fraction of sp³-hybridized carbons (Fsp3) is 0.133. The minimum atomic E-state index is 0.556. The molecule has 3 aromatic rings. The average molecular weight is 248 g/mol. The van der Waals surface area contributed by atoms with Gasteiger partial charge in [-0.2, -0.15) is 5.26 Å². The predicted octanol–water partition coefficient (Wildman–Crippen LogP) is 2.91. The molecule has 2 aromatic heterocycles. The molecule has 0 atom stereocenters. The number of nitriles is 1. The Morgan fingerprint density at radius 3 is 2.58 bits per heavy atom. The van der Waals surface area contributed by atoms with Gasteiger partial charge in [-0.3, -0.25) is 4.57 Å². The molecule has 3 rings (SSSR count). The van der Waals surface area contributed by atoms with Gasteiger partial charge in [-0.25, -0.2) is 9.97 Å². The highest BCUT2D eigenvalue weighted by Gasteiger charge is 2.07. The maximum Gasteiger partial charge on any atom is 0.138 e. The largest absolute Gasteiger partial charge is 0.283 e. The van der Waals surface area contributed by atoms with Gasteiger partial charge in [0.25, 0.3) is 0 Å². The first-order chi connectivity index (χ1) is 9.19. The topological polar surface area (TPSA) is 54.5 Å². The molecule has 4 nitrogen and oxygen atoms in total. The van der Waals surface area contributed by atoms with Crippen molar-refractivity contribution in [2.75, 3.05) is 0 Å². The van der Waals surface area contributed by atoms with Crippen molar-refractivity contribution in [3.05, 3.63) is 53.5 Å². The van der Waals surface area contributed by atoms with Crippen LogP contribution in [0.5, 0.6) is 0 Å². The third-order valence-electron chi connectivity index (χ3n) is 3.29. The fourth-order valence-electron chi connectivity index (χ4n) is 2.04. The van der Waals surface area contributed by atoms with E-state index < -0.39 is 0 Å². The van der Waals surface area contributed by atoms with Gasteiger partial charge in [0.2, 0.25) is 0 Å². The number of fused-ring (bicyclic) bond motifs is 1. The number of hydrogen-bond acceptors (Lipinski definition) is 3. The van der Waals surface area contributed by atoms with Crippen LogP contribution in [0.2, 0.25) is 0 Å². The van der Waals surface area contributed by atoms with Crippen LogP contribution in [0, 0.1) is 25.2 Å². The first-order valence-corrected chi connectivity index (χ1v) is 6.00. The van der Waals surface area contributed by atoms with E-state index in [-0.39, 0.29) is 0 Å². The summed E-state index contributed by atoms with van der Waals surface area (Å²) in [5.74, 6) is 0.768. The smallest absolute Gasteiger partial charge is 0.138 e. The Morgan fingerprint density at radius 2 is 1.89 bits per heavy atom. The molecule has 0 saturated carbocycles. The Hall–Kier alpha value is -2.67. The van der Waals surface area contributed by atoms with Crippen LogP contribution in [0.25, 0.3) is 16.9 Å². The van der Waals surface area contributed by atoms with E-state index >= 15 is 0 Å². The lowest BCUT2D eigenvalue weighted by atomic mass is 10.1. The highest BCUT2D eigenvalue weighted by Crippen LogP contribution is 2.20. The summed E-state index contributed by atoms with van der Waals surface area (Å²) in [4.78, 5) is 8.69. The quantitative estimate of drug-likeness (QED) is 0.665. The lowest BCUT2D eigenvalue weighted by molar-refractivity contribution is 1.02. The molecule has 0 aliphatic rings. The van der Waals surface area contributed by atoms with Crippen molar-refractivity contribution in [2.45, 2.75) is 13.8 Å². The Balaban J connectivity index is 2.19. The average Bonchev–Trinajstić information content (AvgIpc) is 2.82. The number of aromatic nitrogens is 3. The van der Waals surface area contributed by atoms with Gasteiger partial charge in [-0.05, 0) is 49.2 Å². The summed E-state index contributed by atoms with van der Waals surface area (Å²) >= 11 is 0. The molecular weight excluding hydrogens is 236 g/mol. The Labute approximate surface area is 111 Å². The van der Waals surface area contributed by atoms with E-state index in [4.69, 9.17) is 5.26 Å². The zero-order valence-corrected chi connectivity index (χ0v) is 10.8. The van der Waals surface area contributed by atoms with Gasteiger partial charge in [0.15, 0.2) is 0 Å². The van der Waals surface area contributed by atoms with E-state index in [0.717, 1.165) is 16.9 Å². The monoisotopic (exact) mass is 248 g/mol. The highest BCUT2D eigenvalue weighted by atomic mass is 15.1. The van der Waals surface area contributed by atoms with E-state index in [1.165, 1.54) is 11.1 Å². The number of imidazole rings is 1. The number of nitrogens with zero attached hydrogens (tertiary/aromatic N) is 4. The van der Waals surface area contributed by atoms with E-state index in [1.54, 1.807) is 18.6 Å². The molecule has 0 amide bonds. The summed E-state index contributed by atoms with van der Waals surface area (Å²) in [5.41, 5.74) is 4.99. The molecular formula is C15H12N4. The maximum atomic E-state index is 8.79. The van der Waals surface area contributed by atoms with Gasteiger partial charge < -0.3 is 0 Å². The summed E-state index contributed by atoms with van der Waals surface area (Å²) in [6, 6.07) is 9.84. The zero-order chi connectivity index (χ0) is 13.4. The molecule has 4 heteroatoms. The Morgan fingerprint density at radius 1 is 1.11 bits per heavy atom. The van der Waals surface area contributed by atoms with Crippen LogP contribution in [0.3, 0.4) is 0 Å². The molecule has 2 heterocycles. The normalized spacial score (nSPS) is 10.6. The zero-order valence-electron chi connectivity index (χ0n) is 10.8. The van der Waals surface area contributed by atoms with E-state index in [2.05, 4.69) is 42.0 Å². The summed E-state index contributed by atoms with van der Waals surface area (Å²) in [5, 5.41) is 8.79. The molecule has 92 valence electrons. The summed E-state index contributed by atoms with van der Waals surface area (Å²) in [7, 11) is 0. The van der Waals surface area contributed by atoms with Crippen molar-refractivity contribution >= 4 is 11.0 Å². The lowest BCUT2D eigenvalue weighted by Gasteiger charge is -2.05. The molecule has 0 radical (unpaired) electrons. The van der Waals surface area contributed by atoms with Gasteiger partial charge in [0.1, 0.15) is 18.2 Å². The van der Waals surface area contributed by atoms with Crippen LogP contribution in [0.4, 0.5) is 0 Å². The fourth-order valence-corrected chi connectivity index (χ4v) is 2.04. The van der Waals surface area contributed by atoms with Gasteiger partial charge >= 0.3 is 0 Å². The number of benzene rings is 1. The minimum Gasteiger partial charge on any atom is -0.283 e. The van der Waals surface area contributed by atoms with E-state index in [9.17, 15) is 0 Å². The molecule has 0 bridgehead atoms. The second-order valence-electron chi connectivity index (χ2n) is 4.56. The SMILES string of the molecule is Cc1cc2ncn(-c3ccc(C#N)cn3)c2cc1C. The van der Waals surface area contributed by atoms with Gasteiger partial charge in [-0.1, -0.05) is 0 Å². The van der Waals surface area contributed by atoms with Crippen molar-refractivity contribution in [3.63, 3.8) is 0 Å². The summed E-state index contributed by atoms with van der Waals surface area (Å²) in [6.45, 7) is 4.16. The molecule has 1 aromatic carbocycles. The molecule has 0 N–H and O–H groups in total. The second kappa shape index (κ2) is 4.21.